The summed E-state index contributed by atoms with van der Waals surface area (Å²) in [6.07, 6.45) is 5.28. The van der Waals surface area contributed by atoms with Crippen molar-refractivity contribution >= 4 is 29.0 Å². The number of carbonyl (C=O) groups excluding carboxylic acids is 5. The molecule has 0 spiro atoms. The number of rotatable bonds is 60. The van der Waals surface area contributed by atoms with E-state index < -0.39 is 0 Å². The lowest BCUT2D eigenvalue weighted by Gasteiger charge is -2.23. The van der Waals surface area contributed by atoms with Gasteiger partial charge in [0.05, 0.1) is 152 Å². The highest BCUT2D eigenvalue weighted by Gasteiger charge is 2.14. The van der Waals surface area contributed by atoms with Crippen molar-refractivity contribution in [2.45, 2.75) is 99.3 Å². The molecule has 438 valence electrons. The van der Waals surface area contributed by atoms with Crippen LogP contribution >= 0.6 is 0 Å². The molecule has 0 unspecified atom stereocenters. The van der Waals surface area contributed by atoms with Gasteiger partial charge >= 0.3 is 0 Å². The summed E-state index contributed by atoms with van der Waals surface area (Å²) in [4.78, 5) is 60.5. The first kappa shape index (κ1) is 73.6. The van der Waals surface area contributed by atoms with E-state index in [2.05, 4.69) is 4.90 Å². The lowest BCUT2D eigenvalue weighted by Crippen LogP contribution is -2.37. The maximum Gasteiger partial charge on any atom is 0.225 e. The van der Waals surface area contributed by atoms with E-state index in [4.69, 9.17) is 66.3 Å². The van der Waals surface area contributed by atoms with Gasteiger partial charge in [-0.3, -0.25) is 9.69 Å². The molecule has 0 aromatic carbocycles. The summed E-state index contributed by atoms with van der Waals surface area (Å²) >= 11 is 0. The summed E-state index contributed by atoms with van der Waals surface area (Å²) in [5, 5.41) is 0. The molecule has 0 atom stereocenters. The fraction of sp³-hybridized carbons (Fsp3) is 0.906. The van der Waals surface area contributed by atoms with Crippen LogP contribution in [-0.2, 0) is 90.3 Å². The smallest absolute Gasteiger partial charge is 0.225 e. The Morgan fingerprint density at radius 2 is 0.473 bits per heavy atom. The van der Waals surface area contributed by atoms with Gasteiger partial charge in [-0.1, -0.05) is 0 Å². The number of Topliss-reactive ketones (excluding diaryl/α,β-unsaturated/α-hetero) is 4. The van der Waals surface area contributed by atoms with E-state index >= 15 is 0 Å². The predicted molar refractivity (Wildman–Crippen MR) is 280 cm³/mol. The minimum absolute atomic E-state index is 0.0370. The highest BCUT2D eigenvalue weighted by atomic mass is 16.6. The second-order valence-electron chi connectivity index (χ2n) is 16.9. The SMILES string of the molecule is CCOCCOCCOCCOCCC(=O)N(CCOCCCC(C)=O)CCOCCOCCCC(C)=O.CCOCCOCCOCCOCCN(CCOCCCC(C)=O)CCOCCOCCCC(C)=O. The highest BCUT2D eigenvalue weighted by molar-refractivity contribution is 5.77. The van der Waals surface area contributed by atoms with Gasteiger partial charge in [0.15, 0.2) is 0 Å². The second kappa shape index (κ2) is 61.4. The zero-order valence-electron chi connectivity index (χ0n) is 46.8. The van der Waals surface area contributed by atoms with Crippen molar-refractivity contribution in [1.82, 2.24) is 9.80 Å². The first-order valence-corrected chi connectivity index (χ1v) is 27.1. The van der Waals surface area contributed by atoms with Crippen LogP contribution in [0.5, 0.6) is 0 Å². The predicted octanol–water partition coefficient (Wildman–Crippen LogP) is 4.24. The van der Waals surface area contributed by atoms with Gasteiger partial charge in [0.2, 0.25) is 5.91 Å². The molecular weight excluding hydrogens is 969 g/mol. The fourth-order valence-electron chi connectivity index (χ4n) is 6.09. The standard InChI is InChI=1S/C27H51NO10.C26H51NO9/c1-4-32-17-18-37-23-24-38-22-20-35-14-9-27(31)28(10-15-33-12-5-7-25(2)29)11-16-36-21-19-34-13-6-8-26(3)30;1-4-30-17-18-35-23-24-36-22-21-34-16-11-27(9-14-31-12-5-7-25(2)28)10-15-33-20-19-32-13-6-8-26(3)29/h4-24H2,1-3H3;4-24H2,1-3H3. The van der Waals surface area contributed by atoms with Gasteiger partial charge in [-0.2, -0.15) is 0 Å². The Hall–Kier alpha value is -2.45. The van der Waals surface area contributed by atoms with Crippen molar-refractivity contribution in [1.29, 1.82) is 0 Å². The summed E-state index contributed by atoms with van der Waals surface area (Å²) in [7, 11) is 0. The largest absolute Gasteiger partial charge is 0.380 e. The fourth-order valence-corrected chi connectivity index (χ4v) is 6.09. The van der Waals surface area contributed by atoms with Crippen LogP contribution in [0.4, 0.5) is 0 Å². The Labute approximate surface area is 445 Å². The Balaban J connectivity index is 0. The van der Waals surface area contributed by atoms with Crippen LogP contribution in [0.3, 0.4) is 0 Å². The third-order valence-corrected chi connectivity index (χ3v) is 10.1. The molecule has 0 fully saturated rings. The Morgan fingerprint density at radius 1 is 0.257 bits per heavy atom. The maximum absolute atomic E-state index is 12.7. The average Bonchev–Trinajstić information content (AvgIpc) is 3.36. The quantitative estimate of drug-likeness (QED) is 0.0778. The number of ketones is 4. The molecule has 0 heterocycles. The summed E-state index contributed by atoms with van der Waals surface area (Å²) < 4.78 is 76.8. The molecule has 0 aliphatic rings. The van der Waals surface area contributed by atoms with Gasteiger partial charge < -0.3 is 90.4 Å². The van der Waals surface area contributed by atoms with Gasteiger partial charge in [-0.05, 0) is 67.2 Å². The Morgan fingerprint density at radius 3 is 0.743 bits per heavy atom. The van der Waals surface area contributed by atoms with Gasteiger partial charge in [0, 0.05) is 98.0 Å². The minimum atomic E-state index is -0.0370. The van der Waals surface area contributed by atoms with E-state index in [9.17, 15) is 24.0 Å². The highest BCUT2D eigenvalue weighted by Crippen LogP contribution is 2.00. The molecule has 0 saturated carbocycles. The molecule has 0 saturated heterocycles. The topological polar surface area (TPSA) is 221 Å². The van der Waals surface area contributed by atoms with Crippen molar-refractivity contribution in [2.75, 3.05) is 218 Å². The zero-order valence-corrected chi connectivity index (χ0v) is 46.8. The van der Waals surface area contributed by atoms with E-state index in [0.29, 0.717) is 237 Å². The first-order chi connectivity index (χ1) is 36.0. The molecule has 0 aliphatic carbocycles. The van der Waals surface area contributed by atoms with Crippen LogP contribution in [0, 0.1) is 0 Å². The molecule has 74 heavy (non-hydrogen) atoms. The third kappa shape index (κ3) is 63.8. The normalized spacial score (nSPS) is 11.3. The van der Waals surface area contributed by atoms with E-state index in [0.717, 1.165) is 32.5 Å². The van der Waals surface area contributed by atoms with Gasteiger partial charge in [-0.15, -0.1) is 0 Å². The molecule has 21 heteroatoms. The first-order valence-electron chi connectivity index (χ1n) is 27.1. The monoisotopic (exact) mass is 1070 g/mol. The van der Waals surface area contributed by atoms with Crippen LogP contribution in [0.1, 0.15) is 99.3 Å². The number of amides is 1. The Bertz CT molecular complexity index is 1250. The van der Waals surface area contributed by atoms with Gasteiger partial charge in [0.1, 0.15) is 23.1 Å². The van der Waals surface area contributed by atoms with Gasteiger partial charge in [-0.25, -0.2) is 0 Å². The van der Waals surface area contributed by atoms with Crippen LogP contribution in [0.25, 0.3) is 0 Å². The van der Waals surface area contributed by atoms with Crippen LogP contribution < -0.4 is 0 Å². The summed E-state index contributed by atoms with van der Waals surface area (Å²) in [6, 6.07) is 0. The molecular formula is C53H102N2O19. The zero-order chi connectivity index (χ0) is 54.6. The van der Waals surface area contributed by atoms with Crippen molar-refractivity contribution in [2.24, 2.45) is 0 Å². The van der Waals surface area contributed by atoms with Crippen molar-refractivity contribution in [3.8, 4) is 0 Å². The summed E-state index contributed by atoms with van der Waals surface area (Å²) in [6.45, 7) is 28.1. The molecule has 1 amide bonds. The summed E-state index contributed by atoms with van der Waals surface area (Å²) in [5.74, 6) is 0.640. The molecule has 0 rings (SSSR count). The van der Waals surface area contributed by atoms with Gasteiger partial charge in [0.25, 0.3) is 0 Å². The van der Waals surface area contributed by atoms with Crippen molar-refractivity contribution < 1.29 is 90.3 Å². The van der Waals surface area contributed by atoms with E-state index in [1.54, 1.807) is 32.6 Å². The van der Waals surface area contributed by atoms with Crippen LogP contribution in [0.2, 0.25) is 0 Å². The van der Waals surface area contributed by atoms with Crippen molar-refractivity contribution in [3.63, 3.8) is 0 Å². The van der Waals surface area contributed by atoms with Crippen LogP contribution in [0.15, 0.2) is 0 Å². The molecule has 0 radical (unpaired) electrons. The van der Waals surface area contributed by atoms with Crippen LogP contribution in [-0.4, -0.2) is 257 Å². The molecule has 0 bridgehead atoms. The van der Waals surface area contributed by atoms with E-state index in [1.807, 2.05) is 13.8 Å². The van der Waals surface area contributed by atoms with E-state index in [-0.39, 0.29) is 35.5 Å². The molecule has 21 nitrogen and oxygen atoms in total. The molecule has 0 aliphatic heterocycles. The number of hydrogen-bond donors (Lipinski definition) is 0. The lowest BCUT2D eigenvalue weighted by molar-refractivity contribution is -0.134. The third-order valence-electron chi connectivity index (χ3n) is 10.1. The molecule has 0 N–H and O–H groups in total. The number of nitrogens with zero attached hydrogens (tertiary/aromatic N) is 2. The summed E-state index contributed by atoms with van der Waals surface area (Å²) in [5.41, 5.74) is 0. The lowest BCUT2D eigenvalue weighted by atomic mass is 10.2. The minimum Gasteiger partial charge on any atom is -0.380 e. The average molecular weight is 1070 g/mol. The molecule has 0 aromatic heterocycles. The Kier molecular flexibility index (Phi) is 61.1. The second-order valence-corrected chi connectivity index (χ2v) is 16.9. The molecule has 0 aromatic rings. The number of hydrogen-bond acceptors (Lipinski definition) is 20. The number of ether oxygens (including phenoxy) is 14. The number of carbonyl (C=O) groups is 5. The van der Waals surface area contributed by atoms with E-state index in [1.165, 1.54) is 0 Å². The maximum atomic E-state index is 12.7. The van der Waals surface area contributed by atoms with Crippen molar-refractivity contribution in [3.05, 3.63) is 0 Å².